The van der Waals surface area contributed by atoms with E-state index in [0.717, 1.165) is 33.8 Å². The summed E-state index contributed by atoms with van der Waals surface area (Å²) in [5.74, 6) is 1.47. The van der Waals surface area contributed by atoms with Crippen molar-refractivity contribution in [2.24, 2.45) is 5.11 Å². The van der Waals surface area contributed by atoms with Crippen LogP contribution < -0.4 is 0 Å². The van der Waals surface area contributed by atoms with E-state index in [0.29, 0.717) is 0 Å². The highest BCUT2D eigenvalue weighted by Crippen LogP contribution is 2.40. The largest absolute Gasteiger partial charge is 0.456 e. The van der Waals surface area contributed by atoms with E-state index in [2.05, 4.69) is 29.1 Å². The minimum absolute atomic E-state index is 0.469. The van der Waals surface area contributed by atoms with Gasteiger partial charge in [-0.25, -0.2) is 0 Å². The molecule has 0 aliphatic carbocycles. The minimum Gasteiger partial charge on any atom is -0.456 e. The van der Waals surface area contributed by atoms with Crippen LogP contribution in [0.3, 0.4) is 0 Å². The lowest BCUT2D eigenvalue weighted by molar-refractivity contribution is 0.592. The highest BCUT2D eigenvalue weighted by Gasteiger charge is 2.22. The summed E-state index contributed by atoms with van der Waals surface area (Å²) in [4.78, 5) is 3.10. The van der Waals surface area contributed by atoms with E-state index in [4.69, 9.17) is 4.42 Å². The molecule has 4 aromatic rings. The number of benzene rings is 3. The van der Waals surface area contributed by atoms with Gasteiger partial charge in [0, 0.05) is 21.6 Å². The zero-order valence-electron chi connectivity index (χ0n) is 15.5. The smallest absolute Gasteiger partial charge is 0.138 e. The molecule has 0 aliphatic heterocycles. The van der Waals surface area contributed by atoms with Gasteiger partial charge in [0.15, 0.2) is 0 Å². The second-order valence-corrected chi connectivity index (χ2v) is 6.65. The SMILES string of the molecule is Cc1ccc(-c2oc(-c3ccccc3)cc2C(N=[N+]=[N-])c2ccccc2)cc1. The molecule has 1 heterocycles. The lowest BCUT2D eigenvalue weighted by Gasteiger charge is -2.12. The van der Waals surface area contributed by atoms with Gasteiger partial charge in [-0.3, -0.25) is 0 Å². The molecule has 0 radical (unpaired) electrons. The molecule has 0 saturated heterocycles. The Kier molecular flexibility index (Phi) is 4.96. The van der Waals surface area contributed by atoms with Gasteiger partial charge < -0.3 is 4.42 Å². The standard InChI is InChI=1S/C24H19N3O/c1-17-12-14-20(15-13-17)24-21(16-22(28-24)18-8-4-2-5-9-18)23(26-27-25)19-10-6-3-7-11-19/h2-16,23H,1H3. The van der Waals surface area contributed by atoms with Gasteiger partial charge in [0.1, 0.15) is 11.5 Å². The molecule has 136 valence electrons. The zero-order chi connectivity index (χ0) is 19.3. The van der Waals surface area contributed by atoms with Crippen LogP contribution in [0.1, 0.15) is 22.7 Å². The number of hydrogen-bond donors (Lipinski definition) is 0. The molecule has 0 saturated carbocycles. The van der Waals surface area contributed by atoms with Crippen molar-refractivity contribution in [2.75, 3.05) is 0 Å². The first-order valence-corrected chi connectivity index (χ1v) is 9.11. The topological polar surface area (TPSA) is 61.9 Å². The summed E-state index contributed by atoms with van der Waals surface area (Å²) in [6.07, 6.45) is 0. The van der Waals surface area contributed by atoms with Crippen LogP contribution >= 0.6 is 0 Å². The predicted molar refractivity (Wildman–Crippen MR) is 112 cm³/mol. The van der Waals surface area contributed by atoms with Gasteiger partial charge in [0.2, 0.25) is 0 Å². The molecule has 0 fully saturated rings. The summed E-state index contributed by atoms with van der Waals surface area (Å²) < 4.78 is 6.29. The fourth-order valence-electron chi connectivity index (χ4n) is 3.28. The van der Waals surface area contributed by atoms with Crippen LogP contribution in [-0.2, 0) is 0 Å². The molecular weight excluding hydrogens is 346 g/mol. The van der Waals surface area contributed by atoms with Gasteiger partial charge in [-0.05, 0) is 24.1 Å². The highest BCUT2D eigenvalue weighted by atomic mass is 16.3. The third kappa shape index (κ3) is 3.54. The zero-order valence-corrected chi connectivity index (χ0v) is 15.5. The summed E-state index contributed by atoms with van der Waals surface area (Å²) in [5.41, 5.74) is 14.1. The van der Waals surface area contributed by atoms with Crippen molar-refractivity contribution in [2.45, 2.75) is 13.0 Å². The fraction of sp³-hybridized carbons (Fsp3) is 0.0833. The van der Waals surface area contributed by atoms with Gasteiger partial charge in [-0.2, -0.15) is 0 Å². The molecule has 0 amide bonds. The van der Waals surface area contributed by atoms with E-state index < -0.39 is 6.04 Å². The Morgan fingerprint density at radius 2 is 1.46 bits per heavy atom. The van der Waals surface area contributed by atoms with E-state index >= 15 is 0 Å². The van der Waals surface area contributed by atoms with E-state index in [1.54, 1.807) is 0 Å². The van der Waals surface area contributed by atoms with Crippen molar-refractivity contribution in [3.8, 4) is 22.6 Å². The van der Waals surface area contributed by atoms with Crippen LogP contribution in [0.2, 0.25) is 0 Å². The number of hydrogen-bond acceptors (Lipinski definition) is 2. The number of furan rings is 1. The molecule has 28 heavy (non-hydrogen) atoms. The summed E-state index contributed by atoms with van der Waals surface area (Å²) in [6, 6.07) is 29.4. The lowest BCUT2D eigenvalue weighted by Crippen LogP contribution is -1.97. The molecule has 0 aliphatic rings. The molecule has 0 N–H and O–H groups in total. The molecular formula is C24H19N3O. The maximum Gasteiger partial charge on any atom is 0.138 e. The lowest BCUT2D eigenvalue weighted by atomic mass is 9.96. The summed E-state index contributed by atoms with van der Waals surface area (Å²) in [7, 11) is 0. The van der Waals surface area contributed by atoms with Crippen LogP contribution in [0, 0.1) is 6.92 Å². The number of aryl methyl sites for hydroxylation is 1. The van der Waals surface area contributed by atoms with Crippen LogP contribution in [0.4, 0.5) is 0 Å². The van der Waals surface area contributed by atoms with Crippen molar-refractivity contribution < 1.29 is 4.42 Å². The third-order valence-electron chi connectivity index (χ3n) is 4.71. The quantitative estimate of drug-likeness (QED) is 0.207. The molecule has 4 rings (SSSR count). The van der Waals surface area contributed by atoms with Gasteiger partial charge in [0.05, 0.1) is 6.04 Å². The molecule has 4 nitrogen and oxygen atoms in total. The molecule has 4 heteroatoms. The third-order valence-corrected chi connectivity index (χ3v) is 4.71. The average Bonchev–Trinajstić information content (AvgIpc) is 3.19. The molecule has 0 bridgehead atoms. The minimum atomic E-state index is -0.469. The number of azide groups is 1. The first kappa shape index (κ1) is 17.7. The predicted octanol–water partition coefficient (Wildman–Crippen LogP) is 7.32. The maximum atomic E-state index is 9.21. The first-order chi connectivity index (χ1) is 13.8. The van der Waals surface area contributed by atoms with E-state index in [1.807, 2.05) is 78.9 Å². The van der Waals surface area contributed by atoms with Gasteiger partial charge in [0.25, 0.3) is 0 Å². The van der Waals surface area contributed by atoms with Gasteiger partial charge >= 0.3 is 0 Å². The first-order valence-electron chi connectivity index (χ1n) is 9.11. The van der Waals surface area contributed by atoms with Crippen molar-refractivity contribution in [1.82, 2.24) is 0 Å². The molecule has 1 unspecified atom stereocenters. The van der Waals surface area contributed by atoms with Crippen molar-refractivity contribution in [3.63, 3.8) is 0 Å². The second kappa shape index (κ2) is 7.87. The highest BCUT2D eigenvalue weighted by molar-refractivity contribution is 5.70. The van der Waals surface area contributed by atoms with Gasteiger partial charge in [-0.1, -0.05) is 95.6 Å². The molecule has 1 aromatic heterocycles. The Bertz CT molecular complexity index is 1110. The van der Waals surface area contributed by atoms with Crippen LogP contribution in [-0.4, -0.2) is 0 Å². The number of rotatable bonds is 5. The second-order valence-electron chi connectivity index (χ2n) is 6.65. The van der Waals surface area contributed by atoms with E-state index in [-0.39, 0.29) is 0 Å². The van der Waals surface area contributed by atoms with Crippen molar-refractivity contribution in [1.29, 1.82) is 0 Å². The molecule has 1 atom stereocenters. The Labute approximate surface area is 163 Å². The normalized spacial score (nSPS) is 11.6. The average molecular weight is 365 g/mol. The van der Waals surface area contributed by atoms with Crippen LogP contribution in [0.15, 0.2) is 101 Å². The number of nitrogens with zero attached hydrogens (tertiary/aromatic N) is 3. The Hall–Kier alpha value is -3.75. The van der Waals surface area contributed by atoms with E-state index in [9.17, 15) is 5.53 Å². The Balaban J connectivity index is 1.92. The van der Waals surface area contributed by atoms with Gasteiger partial charge in [-0.15, -0.1) is 0 Å². The maximum absolute atomic E-state index is 9.21. The summed E-state index contributed by atoms with van der Waals surface area (Å²) in [5, 5.41) is 4.10. The molecule has 3 aromatic carbocycles. The Morgan fingerprint density at radius 3 is 2.11 bits per heavy atom. The fourth-order valence-corrected chi connectivity index (χ4v) is 3.28. The van der Waals surface area contributed by atoms with Crippen molar-refractivity contribution >= 4 is 0 Å². The van der Waals surface area contributed by atoms with Crippen LogP contribution in [0.5, 0.6) is 0 Å². The summed E-state index contributed by atoms with van der Waals surface area (Å²) in [6.45, 7) is 2.05. The van der Waals surface area contributed by atoms with Crippen molar-refractivity contribution in [3.05, 3.63) is 118 Å². The molecule has 0 spiro atoms. The van der Waals surface area contributed by atoms with E-state index in [1.165, 1.54) is 5.56 Å². The van der Waals surface area contributed by atoms with Crippen LogP contribution in [0.25, 0.3) is 33.1 Å². The monoisotopic (exact) mass is 365 g/mol. The Morgan fingerprint density at radius 1 is 0.821 bits per heavy atom. The summed E-state index contributed by atoms with van der Waals surface area (Å²) >= 11 is 0.